The van der Waals surface area contributed by atoms with Gasteiger partial charge in [-0.25, -0.2) is 0 Å². The van der Waals surface area contributed by atoms with Gasteiger partial charge in [0, 0.05) is 17.6 Å². The molecule has 2 aromatic rings. The predicted octanol–water partition coefficient (Wildman–Crippen LogP) is 3.31. The lowest BCUT2D eigenvalue weighted by molar-refractivity contribution is 0.0927. The Bertz CT molecular complexity index is 648. The predicted molar refractivity (Wildman–Crippen MR) is 82.6 cm³/mol. The lowest BCUT2D eigenvalue weighted by Crippen LogP contribution is -2.36. The first-order chi connectivity index (χ1) is 10.3. The fourth-order valence-electron chi connectivity index (χ4n) is 2.94. The van der Waals surface area contributed by atoms with Crippen LogP contribution in [0.2, 0.25) is 0 Å². The Morgan fingerprint density at radius 1 is 1.29 bits per heavy atom. The molecular weight excluding hydrogens is 264 g/mol. The summed E-state index contributed by atoms with van der Waals surface area (Å²) in [4.78, 5) is 16.7. The fourth-order valence-corrected chi connectivity index (χ4v) is 2.94. The number of nitrogens with one attached hydrogen (secondary N) is 1. The summed E-state index contributed by atoms with van der Waals surface area (Å²) in [5.74, 6) is 0.700. The van der Waals surface area contributed by atoms with Crippen LogP contribution in [0, 0.1) is 0 Å². The Labute approximate surface area is 124 Å². The molecule has 110 valence electrons. The highest BCUT2D eigenvalue weighted by molar-refractivity contribution is 5.98. The highest BCUT2D eigenvalue weighted by Gasteiger charge is 2.17. The van der Waals surface area contributed by atoms with Crippen molar-refractivity contribution in [3.63, 3.8) is 0 Å². The number of rotatable bonds is 3. The van der Waals surface area contributed by atoms with Crippen LogP contribution in [-0.2, 0) is 0 Å². The van der Waals surface area contributed by atoms with Gasteiger partial charge >= 0.3 is 0 Å². The quantitative estimate of drug-likeness (QED) is 0.940. The molecule has 4 nitrogen and oxygen atoms in total. The third kappa shape index (κ3) is 2.99. The molecule has 0 unspecified atom stereocenters. The Morgan fingerprint density at radius 2 is 2.10 bits per heavy atom. The van der Waals surface area contributed by atoms with E-state index in [-0.39, 0.29) is 5.91 Å². The highest BCUT2D eigenvalue weighted by Crippen LogP contribution is 2.24. The molecule has 1 N–H and O–H groups in total. The molecular formula is C17H20N2O2. The summed E-state index contributed by atoms with van der Waals surface area (Å²) in [5, 5.41) is 4.04. The maximum atomic E-state index is 12.3. The van der Waals surface area contributed by atoms with Crippen molar-refractivity contribution in [1.29, 1.82) is 0 Å². The van der Waals surface area contributed by atoms with Crippen molar-refractivity contribution in [2.24, 2.45) is 0 Å². The number of aromatic nitrogens is 1. The second-order valence-electron chi connectivity index (χ2n) is 5.56. The van der Waals surface area contributed by atoms with Gasteiger partial charge in [0.15, 0.2) is 0 Å². The molecule has 21 heavy (non-hydrogen) atoms. The smallest absolute Gasteiger partial charge is 0.253 e. The zero-order valence-electron chi connectivity index (χ0n) is 12.3. The number of hydrogen-bond acceptors (Lipinski definition) is 3. The van der Waals surface area contributed by atoms with E-state index in [4.69, 9.17) is 4.74 Å². The molecule has 1 aliphatic carbocycles. The number of amides is 1. The van der Waals surface area contributed by atoms with Crippen LogP contribution in [0.25, 0.3) is 10.9 Å². The van der Waals surface area contributed by atoms with Gasteiger partial charge in [0.2, 0.25) is 0 Å². The Balaban J connectivity index is 1.81. The number of fused-ring (bicyclic) bond motifs is 1. The minimum atomic E-state index is -0.0286. The Kier molecular flexibility index (Phi) is 4.04. The zero-order chi connectivity index (χ0) is 14.7. The minimum absolute atomic E-state index is 0.0286. The molecule has 1 aromatic carbocycles. The van der Waals surface area contributed by atoms with E-state index < -0.39 is 0 Å². The van der Waals surface area contributed by atoms with E-state index >= 15 is 0 Å². The lowest BCUT2D eigenvalue weighted by Gasteiger charge is -2.22. The van der Waals surface area contributed by atoms with Gasteiger partial charge in [-0.2, -0.15) is 0 Å². The van der Waals surface area contributed by atoms with E-state index in [2.05, 4.69) is 10.3 Å². The summed E-state index contributed by atoms with van der Waals surface area (Å²) in [6.07, 6.45) is 7.49. The average molecular weight is 284 g/mol. The fraction of sp³-hybridized carbons (Fsp3) is 0.412. The van der Waals surface area contributed by atoms with Crippen molar-refractivity contribution in [2.45, 2.75) is 38.1 Å². The van der Waals surface area contributed by atoms with Crippen LogP contribution in [0.1, 0.15) is 42.5 Å². The topological polar surface area (TPSA) is 51.2 Å². The van der Waals surface area contributed by atoms with Crippen molar-refractivity contribution in [2.75, 3.05) is 7.11 Å². The number of hydrogen-bond donors (Lipinski definition) is 1. The molecule has 0 bridgehead atoms. The van der Waals surface area contributed by atoms with E-state index in [0.717, 1.165) is 29.5 Å². The zero-order valence-corrected chi connectivity index (χ0v) is 12.3. The first kappa shape index (κ1) is 13.9. The number of methoxy groups -OCH3 is 1. The molecule has 1 amide bonds. The molecule has 0 atom stereocenters. The largest absolute Gasteiger partial charge is 0.494 e. The van der Waals surface area contributed by atoms with Crippen LogP contribution >= 0.6 is 0 Å². The monoisotopic (exact) mass is 284 g/mol. The summed E-state index contributed by atoms with van der Waals surface area (Å²) < 4.78 is 5.29. The molecule has 1 fully saturated rings. The molecule has 1 aliphatic rings. The summed E-state index contributed by atoms with van der Waals surface area (Å²) in [5.41, 5.74) is 1.40. The number of benzene rings is 1. The number of ether oxygens (including phenoxy) is 1. The van der Waals surface area contributed by atoms with Crippen molar-refractivity contribution in [3.05, 3.63) is 36.0 Å². The third-order valence-corrected chi connectivity index (χ3v) is 4.10. The van der Waals surface area contributed by atoms with Crippen LogP contribution in [0.5, 0.6) is 5.75 Å². The van der Waals surface area contributed by atoms with Crippen molar-refractivity contribution in [1.82, 2.24) is 10.3 Å². The van der Waals surface area contributed by atoms with Gasteiger partial charge in [-0.15, -0.1) is 0 Å². The summed E-state index contributed by atoms with van der Waals surface area (Å²) in [6, 6.07) is 7.92. The first-order valence-corrected chi connectivity index (χ1v) is 7.51. The van der Waals surface area contributed by atoms with Crippen LogP contribution in [-0.4, -0.2) is 24.0 Å². The van der Waals surface area contributed by atoms with Gasteiger partial charge in [0.1, 0.15) is 11.3 Å². The van der Waals surface area contributed by atoms with E-state index in [9.17, 15) is 4.79 Å². The van der Waals surface area contributed by atoms with Crippen LogP contribution in [0.4, 0.5) is 0 Å². The first-order valence-electron chi connectivity index (χ1n) is 7.51. The van der Waals surface area contributed by atoms with Crippen molar-refractivity contribution < 1.29 is 9.53 Å². The van der Waals surface area contributed by atoms with E-state index in [1.54, 1.807) is 13.3 Å². The van der Waals surface area contributed by atoms with Gasteiger partial charge in [-0.05, 0) is 25.0 Å². The average Bonchev–Trinajstić information content (AvgIpc) is 2.54. The van der Waals surface area contributed by atoms with E-state index in [1.807, 2.05) is 24.3 Å². The standard InChI is InChI=1S/C17H20N2O2/c1-21-15-9-5-6-12-10-13(11-18-16(12)15)17(20)19-14-7-3-2-4-8-14/h5-6,9-11,14H,2-4,7-8H2,1H3,(H,19,20). The van der Waals surface area contributed by atoms with Crippen molar-refractivity contribution in [3.8, 4) is 5.75 Å². The Hall–Kier alpha value is -2.10. The number of nitrogens with zero attached hydrogens (tertiary/aromatic N) is 1. The number of para-hydroxylation sites is 1. The van der Waals surface area contributed by atoms with Gasteiger partial charge in [-0.1, -0.05) is 31.4 Å². The van der Waals surface area contributed by atoms with Gasteiger partial charge in [-0.3, -0.25) is 9.78 Å². The summed E-state index contributed by atoms with van der Waals surface area (Å²) in [6.45, 7) is 0. The highest BCUT2D eigenvalue weighted by atomic mass is 16.5. The van der Waals surface area contributed by atoms with E-state index in [0.29, 0.717) is 11.6 Å². The normalized spacial score (nSPS) is 15.9. The van der Waals surface area contributed by atoms with Crippen molar-refractivity contribution >= 4 is 16.8 Å². The van der Waals surface area contributed by atoms with Gasteiger partial charge < -0.3 is 10.1 Å². The maximum absolute atomic E-state index is 12.3. The Morgan fingerprint density at radius 3 is 2.86 bits per heavy atom. The molecule has 0 saturated heterocycles. The molecule has 0 spiro atoms. The number of carbonyl (C=O) groups excluding carboxylic acids is 1. The molecule has 0 aliphatic heterocycles. The lowest BCUT2D eigenvalue weighted by atomic mass is 9.95. The molecule has 1 heterocycles. The minimum Gasteiger partial charge on any atom is -0.494 e. The molecule has 0 radical (unpaired) electrons. The van der Waals surface area contributed by atoms with Gasteiger partial charge in [0.25, 0.3) is 5.91 Å². The van der Waals surface area contributed by atoms with E-state index in [1.165, 1.54) is 19.3 Å². The van der Waals surface area contributed by atoms with Crippen LogP contribution in [0.3, 0.4) is 0 Å². The van der Waals surface area contributed by atoms with Gasteiger partial charge in [0.05, 0.1) is 12.7 Å². The summed E-state index contributed by atoms with van der Waals surface area (Å²) >= 11 is 0. The number of carbonyl (C=O) groups is 1. The third-order valence-electron chi connectivity index (χ3n) is 4.10. The second-order valence-corrected chi connectivity index (χ2v) is 5.56. The maximum Gasteiger partial charge on any atom is 0.253 e. The molecule has 3 rings (SSSR count). The molecule has 1 saturated carbocycles. The molecule has 1 aromatic heterocycles. The van der Waals surface area contributed by atoms with Crippen LogP contribution in [0.15, 0.2) is 30.5 Å². The summed E-state index contributed by atoms with van der Waals surface area (Å²) in [7, 11) is 1.63. The SMILES string of the molecule is COc1cccc2cc(C(=O)NC3CCCCC3)cnc12. The molecule has 4 heteroatoms. The second kappa shape index (κ2) is 6.12. The number of pyridine rings is 1. The van der Waals surface area contributed by atoms with Crippen LogP contribution < -0.4 is 10.1 Å².